The van der Waals surface area contributed by atoms with Gasteiger partial charge in [-0.25, -0.2) is 0 Å². The largest absolute Gasteiger partial charge is 0.455 e. The Labute approximate surface area is 98.8 Å². The van der Waals surface area contributed by atoms with Crippen molar-refractivity contribution in [1.82, 2.24) is 4.98 Å². The van der Waals surface area contributed by atoms with Crippen molar-refractivity contribution in [1.29, 1.82) is 0 Å². The molecule has 16 heavy (non-hydrogen) atoms. The number of aromatic nitrogens is 1. The van der Waals surface area contributed by atoms with E-state index < -0.39 is 0 Å². The van der Waals surface area contributed by atoms with E-state index in [9.17, 15) is 0 Å². The predicted octanol–water partition coefficient (Wildman–Crippen LogP) is 2.99. The maximum atomic E-state index is 5.86. The highest BCUT2D eigenvalue weighted by Gasteiger charge is 2.03. The predicted molar refractivity (Wildman–Crippen MR) is 63.7 cm³/mol. The fraction of sp³-hybridized carbons (Fsp3) is 0.0833. The van der Waals surface area contributed by atoms with Gasteiger partial charge in [0.2, 0.25) is 0 Å². The van der Waals surface area contributed by atoms with E-state index in [1.54, 1.807) is 24.5 Å². The first kappa shape index (κ1) is 10.9. The maximum Gasteiger partial charge on any atom is 0.150 e. The molecule has 0 fully saturated rings. The molecule has 2 N–H and O–H groups in total. The first-order chi connectivity index (χ1) is 7.79. The quantitative estimate of drug-likeness (QED) is 0.888. The summed E-state index contributed by atoms with van der Waals surface area (Å²) in [6.45, 7) is 0.415. The normalized spacial score (nSPS) is 10.1. The number of pyridine rings is 1. The zero-order valence-corrected chi connectivity index (χ0v) is 9.32. The number of ether oxygens (including phenoxy) is 1. The van der Waals surface area contributed by atoms with Crippen LogP contribution in [-0.2, 0) is 6.54 Å². The number of benzene rings is 1. The van der Waals surface area contributed by atoms with Crippen molar-refractivity contribution in [3.05, 3.63) is 53.3 Å². The summed E-state index contributed by atoms with van der Waals surface area (Å²) in [6.07, 6.45) is 3.33. The van der Waals surface area contributed by atoms with Crippen LogP contribution in [0.1, 0.15) is 5.56 Å². The molecule has 0 amide bonds. The monoisotopic (exact) mass is 234 g/mol. The molecular weight excluding hydrogens is 224 g/mol. The highest BCUT2D eigenvalue weighted by molar-refractivity contribution is 6.30. The molecule has 0 saturated heterocycles. The van der Waals surface area contributed by atoms with Crippen LogP contribution in [0.2, 0.25) is 5.02 Å². The van der Waals surface area contributed by atoms with Gasteiger partial charge in [-0.15, -0.1) is 0 Å². The third kappa shape index (κ3) is 2.51. The summed E-state index contributed by atoms with van der Waals surface area (Å²) in [4.78, 5) is 4.00. The van der Waals surface area contributed by atoms with Crippen LogP contribution in [0.15, 0.2) is 42.7 Å². The lowest BCUT2D eigenvalue weighted by atomic mass is 10.2. The minimum absolute atomic E-state index is 0.415. The molecule has 0 aliphatic heterocycles. The molecule has 0 atom stereocenters. The molecule has 4 heteroatoms. The van der Waals surface area contributed by atoms with Crippen molar-refractivity contribution in [3.8, 4) is 11.5 Å². The van der Waals surface area contributed by atoms with Gasteiger partial charge in [0.1, 0.15) is 11.5 Å². The van der Waals surface area contributed by atoms with Crippen molar-refractivity contribution in [2.75, 3.05) is 0 Å². The maximum absolute atomic E-state index is 5.86. The molecule has 1 heterocycles. The van der Waals surface area contributed by atoms with Crippen molar-refractivity contribution < 1.29 is 4.74 Å². The lowest BCUT2D eigenvalue weighted by molar-refractivity contribution is 0.474. The standard InChI is InChI=1S/C12H11ClN2O/c13-10-2-1-3-11(6-10)16-12-8-15-5-4-9(12)7-14/h1-6,8H,7,14H2. The third-order valence-corrected chi connectivity index (χ3v) is 2.35. The van der Waals surface area contributed by atoms with Gasteiger partial charge in [-0.2, -0.15) is 0 Å². The van der Waals surface area contributed by atoms with Crippen molar-refractivity contribution >= 4 is 11.6 Å². The number of rotatable bonds is 3. The second-order valence-electron chi connectivity index (χ2n) is 3.25. The van der Waals surface area contributed by atoms with Gasteiger partial charge < -0.3 is 10.5 Å². The third-order valence-electron chi connectivity index (χ3n) is 2.11. The Morgan fingerprint density at radius 1 is 1.31 bits per heavy atom. The Kier molecular flexibility index (Phi) is 3.39. The molecule has 0 radical (unpaired) electrons. The molecule has 82 valence electrons. The molecule has 0 aliphatic carbocycles. The summed E-state index contributed by atoms with van der Waals surface area (Å²) in [6, 6.07) is 9.03. The van der Waals surface area contributed by atoms with Gasteiger partial charge in [0.15, 0.2) is 0 Å². The van der Waals surface area contributed by atoms with Crippen LogP contribution in [0.3, 0.4) is 0 Å². The zero-order chi connectivity index (χ0) is 11.4. The molecule has 2 rings (SSSR count). The van der Waals surface area contributed by atoms with Gasteiger partial charge in [0.05, 0.1) is 6.20 Å². The van der Waals surface area contributed by atoms with E-state index in [1.165, 1.54) is 0 Å². The minimum atomic E-state index is 0.415. The summed E-state index contributed by atoms with van der Waals surface area (Å²) >= 11 is 5.86. The molecular formula is C12H11ClN2O. The minimum Gasteiger partial charge on any atom is -0.455 e. The molecule has 1 aromatic heterocycles. The SMILES string of the molecule is NCc1ccncc1Oc1cccc(Cl)c1. The Hall–Kier alpha value is -1.58. The number of hydrogen-bond donors (Lipinski definition) is 1. The summed E-state index contributed by atoms with van der Waals surface area (Å²) in [5.74, 6) is 1.34. The van der Waals surface area contributed by atoms with Crippen LogP contribution < -0.4 is 10.5 Å². The zero-order valence-electron chi connectivity index (χ0n) is 8.56. The van der Waals surface area contributed by atoms with E-state index in [-0.39, 0.29) is 0 Å². The van der Waals surface area contributed by atoms with Gasteiger partial charge >= 0.3 is 0 Å². The fourth-order valence-electron chi connectivity index (χ4n) is 1.33. The molecule has 3 nitrogen and oxygen atoms in total. The van der Waals surface area contributed by atoms with Crippen LogP contribution in [0.4, 0.5) is 0 Å². The summed E-state index contributed by atoms with van der Waals surface area (Å²) in [5.41, 5.74) is 6.51. The molecule has 0 unspecified atom stereocenters. The summed E-state index contributed by atoms with van der Waals surface area (Å²) in [5, 5.41) is 0.635. The average molecular weight is 235 g/mol. The lowest BCUT2D eigenvalue weighted by Gasteiger charge is -2.09. The van der Waals surface area contributed by atoms with Gasteiger partial charge in [0.25, 0.3) is 0 Å². The van der Waals surface area contributed by atoms with E-state index in [4.69, 9.17) is 22.1 Å². The van der Waals surface area contributed by atoms with Crippen molar-refractivity contribution in [3.63, 3.8) is 0 Å². The molecule has 2 aromatic rings. The highest BCUT2D eigenvalue weighted by atomic mass is 35.5. The van der Waals surface area contributed by atoms with Crippen LogP contribution in [0.25, 0.3) is 0 Å². The summed E-state index contributed by atoms with van der Waals surface area (Å²) < 4.78 is 5.65. The number of halogens is 1. The molecule has 1 aromatic carbocycles. The Balaban J connectivity index is 2.26. The topological polar surface area (TPSA) is 48.1 Å². The van der Waals surface area contributed by atoms with Crippen molar-refractivity contribution in [2.45, 2.75) is 6.54 Å². The van der Waals surface area contributed by atoms with Crippen LogP contribution >= 0.6 is 11.6 Å². The van der Waals surface area contributed by atoms with E-state index in [1.807, 2.05) is 18.2 Å². The fourth-order valence-corrected chi connectivity index (χ4v) is 1.51. The van der Waals surface area contributed by atoms with Gasteiger partial charge in [-0.3, -0.25) is 4.98 Å². The van der Waals surface area contributed by atoms with Crippen molar-refractivity contribution in [2.24, 2.45) is 5.73 Å². The van der Waals surface area contributed by atoms with E-state index >= 15 is 0 Å². The molecule has 0 spiro atoms. The Morgan fingerprint density at radius 3 is 2.94 bits per heavy atom. The molecule has 0 bridgehead atoms. The van der Waals surface area contributed by atoms with E-state index in [0.717, 1.165) is 5.56 Å². The first-order valence-corrected chi connectivity index (χ1v) is 5.24. The first-order valence-electron chi connectivity index (χ1n) is 4.86. The van der Waals surface area contributed by atoms with Crippen LogP contribution in [0.5, 0.6) is 11.5 Å². The number of hydrogen-bond acceptors (Lipinski definition) is 3. The second-order valence-corrected chi connectivity index (χ2v) is 3.68. The Bertz CT molecular complexity index is 488. The number of nitrogens with zero attached hydrogens (tertiary/aromatic N) is 1. The van der Waals surface area contributed by atoms with Gasteiger partial charge in [0, 0.05) is 23.3 Å². The molecule has 0 saturated carbocycles. The van der Waals surface area contributed by atoms with Crippen LogP contribution in [-0.4, -0.2) is 4.98 Å². The van der Waals surface area contributed by atoms with Gasteiger partial charge in [-0.1, -0.05) is 17.7 Å². The average Bonchev–Trinajstić information content (AvgIpc) is 2.30. The lowest BCUT2D eigenvalue weighted by Crippen LogP contribution is -1.99. The second kappa shape index (κ2) is 4.96. The van der Waals surface area contributed by atoms with E-state index in [2.05, 4.69) is 4.98 Å². The smallest absolute Gasteiger partial charge is 0.150 e. The number of nitrogens with two attached hydrogens (primary N) is 1. The van der Waals surface area contributed by atoms with E-state index in [0.29, 0.717) is 23.1 Å². The Morgan fingerprint density at radius 2 is 2.19 bits per heavy atom. The molecule has 0 aliphatic rings. The van der Waals surface area contributed by atoms with Crippen LogP contribution in [0, 0.1) is 0 Å². The highest BCUT2D eigenvalue weighted by Crippen LogP contribution is 2.25. The summed E-state index contributed by atoms with van der Waals surface area (Å²) in [7, 11) is 0. The van der Waals surface area contributed by atoms with Gasteiger partial charge in [-0.05, 0) is 24.3 Å².